The predicted octanol–water partition coefficient (Wildman–Crippen LogP) is 4.99. The van der Waals surface area contributed by atoms with Crippen LogP contribution >= 0.6 is 11.6 Å². The number of carbonyl (C=O) groups excluding carboxylic acids is 1. The molecule has 0 aliphatic carbocycles. The number of carboxylic acids is 1. The number of amides is 1. The molecular formula is C23H18ClN3O3. The van der Waals surface area contributed by atoms with Gasteiger partial charge in [0.15, 0.2) is 0 Å². The first-order chi connectivity index (χ1) is 14.3. The number of nitriles is 1. The van der Waals surface area contributed by atoms with E-state index in [4.69, 9.17) is 16.7 Å². The molecule has 2 N–H and O–H groups in total. The van der Waals surface area contributed by atoms with Crippen LogP contribution < -0.4 is 5.32 Å². The van der Waals surface area contributed by atoms with Gasteiger partial charge in [0, 0.05) is 27.8 Å². The van der Waals surface area contributed by atoms with Crippen LogP contribution in [0.1, 0.15) is 27.3 Å². The fourth-order valence-corrected chi connectivity index (χ4v) is 3.28. The van der Waals surface area contributed by atoms with Crippen molar-refractivity contribution in [2.24, 2.45) is 0 Å². The zero-order valence-electron chi connectivity index (χ0n) is 16.3. The molecule has 0 radical (unpaired) electrons. The molecular weight excluding hydrogens is 402 g/mol. The van der Waals surface area contributed by atoms with E-state index in [-0.39, 0.29) is 11.1 Å². The van der Waals surface area contributed by atoms with Gasteiger partial charge in [0.2, 0.25) is 0 Å². The van der Waals surface area contributed by atoms with Crippen LogP contribution in [0.5, 0.6) is 0 Å². The van der Waals surface area contributed by atoms with E-state index in [1.165, 1.54) is 24.3 Å². The number of aromatic nitrogens is 1. The highest BCUT2D eigenvalue weighted by atomic mass is 35.5. The Hall–Kier alpha value is -3.82. The van der Waals surface area contributed by atoms with E-state index in [9.17, 15) is 14.9 Å². The summed E-state index contributed by atoms with van der Waals surface area (Å²) in [6.07, 6.45) is 1.52. The molecule has 1 heterocycles. The molecule has 150 valence electrons. The largest absolute Gasteiger partial charge is 0.478 e. The van der Waals surface area contributed by atoms with Crippen molar-refractivity contribution in [3.8, 4) is 11.8 Å². The number of hydrogen-bond acceptors (Lipinski definition) is 3. The first-order valence-corrected chi connectivity index (χ1v) is 9.39. The molecule has 2 aromatic carbocycles. The van der Waals surface area contributed by atoms with E-state index in [1.54, 1.807) is 18.2 Å². The van der Waals surface area contributed by atoms with E-state index in [2.05, 4.69) is 5.32 Å². The number of carboxylic acid groups (broad SMARTS) is 1. The van der Waals surface area contributed by atoms with E-state index in [0.717, 1.165) is 22.6 Å². The first-order valence-electron chi connectivity index (χ1n) is 9.01. The number of hydrogen-bond donors (Lipinski definition) is 2. The molecule has 6 nitrogen and oxygen atoms in total. The molecule has 0 fully saturated rings. The van der Waals surface area contributed by atoms with Crippen molar-refractivity contribution in [3.63, 3.8) is 0 Å². The summed E-state index contributed by atoms with van der Waals surface area (Å²) in [5.74, 6) is -1.71. The van der Waals surface area contributed by atoms with Crippen molar-refractivity contribution < 1.29 is 14.7 Å². The van der Waals surface area contributed by atoms with E-state index in [0.29, 0.717) is 10.7 Å². The molecule has 0 unspecified atom stereocenters. The third kappa shape index (κ3) is 4.43. The monoisotopic (exact) mass is 419 g/mol. The van der Waals surface area contributed by atoms with E-state index >= 15 is 0 Å². The van der Waals surface area contributed by atoms with Gasteiger partial charge in [0.1, 0.15) is 11.6 Å². The van der Waals surface area contributed by atoms with Crippen LogP contribution in [-0.4, -0.2) is 21.6 Å². The number of benzene rings is 2. The molecule has 3 aromatic rings. The van der Waals surface area contributed by atoms with Gasteiger partial charge in [-0.3, -0.25) is 4.79 Å². The minimum Gasteiger partial charge on any atom is -0.478 e. The molecule has 30 heavy (non-hydrogen) atoms. The Morgan fingerprint density at radius 3 is 2.47 bits per heavy atom. The molecule has 0 bridgehead atoms. The van der Waals surface area contributed by atoms with Crippen LogP contribution in [0.25, 0.3) is 11.8 Å². The molecule has 1 aromatic heterocycles. The lowest BCUT2D eigenvalue weighted by atomic mass is 10.1. The highest BCUT2D eigenvalue weighted by Gasteiger charge is 2.14. The van der Waals surface area contributed by atoms with Crippen molar-refractivity contribution in [1.29, 1.82) is 5.26 Å². The van der Waals surface area contributed by atoms with Crippen LogP contribution in [0.2, 0.25) is 5.02 Å². The molecule has 0 saturated heterocycles. The Bertz CT molecular complexity index is 1200. The second-order valence-electron chi connectivity index (χ2n) is 6.65. The molecule has 1 amide bonds. The summed E-state index contributed by atoms with van der Waals surface area (Å²) in [5, 5.41) is 21.8. The molecule has 3 rings (SSSR count). The summed E-state index contributed by atoms with van der Waals surface area (Å²) in [4.78, 5) is 23.7. The summed E-state index contributed by atoms with van der Waals surface area (Å²) in [6, 6.07) is 17.0. The number of nitrogens with zero attached hydrogens (tertiary/aromatic N) is 2. The maximum Gasteiger partial charge on any atom is 0.335 e. The highest BCUT2D eigenvalue weighted by molar-refractivity contribution is 6.30. The van der Waals surface area contributed by atoms with Gasteiger partial charge < -0.3 is 15.0 Å². The number of nitrogens with one attached hydrogen (secondary N) is 1. The Labute approximate surface area is 178 Å². The number of rotatable bonds is 5. The zero-order valence-corrected chi connectivity index (χ0v) is 17.1. The van der Waals surface area contributed by atoms with Gasteiger partial charge in [-0.25, -0.2) is 4.79 Å². The second kappa shape index (κ2) is 8.68. The molecule has 0 atom stereocenters. The fraction of sp³-hybridized carbons (Fsp3) is 0.0870. The normalized spacial score (nSPS) is 11.1. The van der Waals surface area contributed by atoms with Crippen molar-refractivity contribution in [2.75, 3.05) is 5.32 Å². The van der Waals surface area contributed by atoms with Crippen molar-refractivity contribution >= 4 is 35.2 Å². The molecule has 0 saturated carbocycles. The molecule has 7 heteroatoms. The van der Waals surface area contributed by atoms with Gasteiger partial charge >= 0.3 is 5.97 Å². The van der Waals surface area contributed by atoms with Crippen LogP contribution in [0.4, 0.5) is 5.69 Å². The SMILES string of the molecule is Cc1cc(/C=C(\C#N)C(=O)Nc2cccc(C(=O)O)c2)c(C)n1-c1ccc(Cl)cc1. The maximum absolute atomic E-state index is 12.6. The topological polar surface area (TPSA) is 95.1 Å². The second-order valence-corrected chi connectivity index (χ2v) is 7.08. The molecule has 0 aliphatic rings. The Morgan fingerprint density at radius 2 is 1.83 bits per heavy atom. The number of halogens is 1. The van der Waals surface area contributed by atoms with Gasteiger partial charge in [0.25, 0.3) is 5.91 Å². The summed E-state index contributed by atoms with van der Waals surface area (Å²) >= 11 is 5.97. The Kier molecular flexibility index (Phi) is 6.05. The average molecular weight is 420 g/mol. The van der Waals surface area contributed by atoms with Gasteiger partial charge in [-0.2, -0.15) is 5.26 Å². The molecule has 0 spiro atoms. The number of aryl methyl sites for hydroxylation is 1. The van der Waals surface area contributed by atoms with Crippen molar-refractivity contribution in [1.82, 2.24) is 4.57 Å². The van der Waals surface area contributed by atoms with Gasteiger partial charge in [-0.15, -0.1) is 0 Å². The van der Waals surface area contributed by atoms with Crippen molar-refractivity contribution in [2.45, 2.75) is 13.8 Å². The summed E-state index contributed by atoms with van der Waals surface area (Å²) in [5.41, 5.74) is 3.70. The summed E-state index contributed by atoms with van der Waals surface area (Å²) in [7, 11) is 0. The lowest BCUT2D eigenvalue weighted by Crippen LogP contribution is -2.14. The summed E-state index contributed by atoms with van der Waals surface area (Å²) < 4.78 is 2.01. The van der Waals surface area contributed by atoms with E-state index in [1.807, 2.05) is 42.7 Å². The lowest BCUT2D eigenvalue weighted by Gasteiger charge is -2.09. The average Bonchev–Trinajstić information content (AvgIpc) is 3.00. The number of aromatic carboxylic acids is 1. The van der Waals surface area contributed by atoms with Crippen LogP contribution in [0.15, 0.2) is 60.2 Å². The number of carbonyl (C=O) groups is 2. The van der Waals surface area contributed by atoms with E-state index < -0.39 is 11.9 Å². The van der Waals surface area contributed by atoms with Gasteiger partial charge in [0.05, 0.1) is 5.56 Å². The van der Waals surface area contributed by atoms with Crippen LogP contribution in [-0.2, 0) is 4.79 Å². The smallest absolute Gasteiger partial charge is 0.335 e. The fourth-order valence-electron chi connectivity index (χ4n) is 3.15. The minimum atomic E-state index is -1.10. The quantitative estimate of drug-likeness (QED) is 0.449. The van der Waals surface area contributed by atoms with Gasteiger partial charge in [-0.05, 0) is 74.0 Å². The third-order valence-electron chi connectivity index (χ3n) is 4.59. The van der Waals surface area contributed by atoms with Crippen LogP contribution in [0, 0.1) is 25.2 Å². The Balaban J connectivity index is 1.91. The Morgan fingerprint density at radius 1 is 1.13 bits per heavy atom. The van der Waals surface area contributed by atoms with Gasteiger partial charge in [-0.1, -0.05) is 17.7 Å². The standard InChI is InChI=1S/C23H18ClN3O3/c1-14-10-17(15(2)27(14)21-8-6-19(24)7-9-21)11-18(13-25)22(28)26-20-5-3-4-16(12-20)23(29)30/h3-12H,1-2H3,(H,26,28)(H,29,30)/b18-11+. The zero-order chi connectivity index (χ0) is 21.8. The highest BCUT2D eigenvalue weighted by Crippen LogP contribution is 2.24. The maximum atomic E-state index is 12.6. The van der Waals surface area contributed by atoms with Crippen molar-refractivity contribution in [3.05, 3.63) is 87.7 Å². The minimum absolute atomic E-state index is 0.0433. The number of anilines is 1. The first kappa shape index (κ1) is 20.9. The third-order valence-corrected chi connectivity index (χ3v) is 4.84. The lowest BCUT2D eigenvalue weighted by molar-refractivity contribution is -0.112. The molecule has 0 aliphatic heterocycles. The van der Waals surface area contributed by atoms with Crippen LogP contribution in [0.3, 0.4) is 0 Å². The summed E-state index contributed by atoms with van der Waals surface area (Å²) in [6.45, 7) is 3.83. The predicted molar refractivity (Wildman–Crippen MR) is 116 cm³/mol.